The second kappa shape index (κ2) is 6.30. The molecule has 0 radical (unpaired) electrons. The largest absolute Gasteiger partial charge is 0.458 e. The van der Waals surface area contributed by atoms with E-state index >= 15 is 0 Å². The Bertz CT molecular complexity index is 466. The van der Waals surface area contributed by atoms with Gasteiger partial charge in [-0.2, -0.15) is 10.5 Å². The smallest absolute Gasteiger partial charge is 0.338 e. The molecule has 0 unspecified atom stereocenters. The molecule has 1 aromatic rings. The highest BCUT2D eigenvalue weighted by Gasteiger charge is 2.13. The number of carbonyl (C=O) groups is 1. The first-order valence-corrected chi connectivity index (χ1v) is 5.29. The van der Waals surface area contributed by atoms with Gasteiger partial charge >= 0.3 is 5.97 Å². The summed E-state index contributed by atoms with van der Waals surface area (Å²) in [6.45, 7) is 1.86. The zero-order chi connectivity index (χ0) is 12.7. The topological polar surface area (TPSA) is 73.9 Å². The van der Waals surface area contributed by atoms with Crippen LogP contribution in [0, 0.1) is 22.7 Å². The fraction of sp³-hybridized carbons (Fsp3) is 0.308. The van der Waals surface area contributed by atoms with E-state index in [2.05, 4.69) is 0 Å². The average molecular weight is 228 g/mol. The minimum absolute atomic E-state index is 0.193. The standard InChI is InChI=1S/C13H12N2O2/c1-2-12(7-8-14)17-13(16)11-5-3-10(9-15)4-6-11/h3-6,12H,2,7H2,1H3/t12-/m0/s1. The maximum atomic E-state index is 11.7. The molecule has 0 N–H and O–H groups in total. The second-order valence-electron chi connectivity index (χ2n) is 3.49. The Kier molecular flexibility index (Phi) is 4.72. The van der Waals surface area contributed by atoms with Crippen molar-refractivity contribution in [1.82, 2.24) is 0 Å². The van der Waals surface area contributed by atoms with Gasteiger partial charge in [0.1, 0.15) is 6.10 Å². The van der Waals surface area contributed by atoms with Crippen molar-refractivity contribution in [2.45, 2.75) is 25.9 Å². The number of hydrogen-bond acceptors (Lipinski definition) is 4. The molecule has 0 saturated carbocycles. The van der Waals surface area contributed by atoms with Gasteiger partial charge in [-0.05, 0) is 30.7 Å². The van der Waals surface area contributed by atoms with Crippen LogP contribution in [0.1, 0.15) is 35.7 Å². The van der Waals surface area contributed by atoms with Gasteiger partial charge in [-0.15, -0.1) is 0 Å². The number of nitriles is 2. The molecule has 1 rings (SSSR count). The Morgan fingerprint density at radius 3 is 2.47 bits per heavy atom. The zero-order valence-corrected chi connectivity index (χ0v) is 9.51. The van der Waals surface area contributed by atoms with E-state index in [1.165, 1.54) is 0 Å². The highest BCUT2D eigenvalue weighted by molar-refractivity contribution is 5.89. The van der Waals surface area contributed by atoms with E-state index in [-0.39, 0.29) is 12.5 Å². The van der Waals surface area contributed by atoms with Crippen molar-refractivity contribution in [3.63, 3.8) is 0 Å². The molecule has 1 aromatic carbocycles. The predicted molar refractivity (Wildman–Crippen MR) is 60.9 cm³/mol. The summed E-state index contributed by atoms with van der Waals surface area (Å²) in [6.07, 6.45) is 0.428. The number of benzene rings is 1. The van der Waals surface area contributed by atoms with E-state index in [0.29, 0.717) is 17.5 Å². The van der Waals surface area contributed by atoms with Gasteiger partial charge < -0.3 is 4.74 Å². The molecule has 0 fully saturated rings. The maximum Gasteiger partial charge on any atom is 0.338 e. The van der Waals surface area contributed by atoms with E-state index in [9.17, 15) is 4.79 Å². The van der Waals surface area contributed by atoms with Gasteiger partial charge in [0.25, 0.3) is 0 Å². The molecule has 0 aromatic heterocycles. The molecule has 0 amide bonds. The summed E-state index contributed by atoms with van der Waals surface area (Å²) < 4.78 is 5.16. The highest BCUT2D eigenvalue weighted by Crippen LogP contribution is 2.09. The molecule has 0 saturated heterocycles. The first kappa shape index (κ1) is 12.7. The third-order valence-corrected chi connectivity index (χ3v) is 2.30. The normalized spacial score (nSPS) is 11.0. The van der Waals surface area contributed by atoms with Crippen LogP contribution in [0.3, 0.4) is 0 Å². The Labute approximate surface area is 100 Å². The Morgan fingerprint density at radius 1 is 1.35 bits per heavy atom. The van der Waals surface area contributed by atoms with E-state index in [1.807, 2.05) is 19.1 Å². The number of rotatable bonds is 4. The minimum Gasteiger partial charge on any atom is -0.458 e. The van der Waals surface area contributed by atoms with Crippen LogP contribution in [0.4, 0.5) is 0 Å². The van der Waals surface area contributed by atoms with Crippen LogP contribution >= 0.6 is 0 Å². The van der Waals surface area contributed by atoms with Gasteiger partial charge in [-0.25, -0.2) is 4.79 Å². The predicted octanol–water partition coefficient (Wildman–Crippen LogP) is 2.41. The number of carbonyl (C=O) groups excluding carboxylic acids is 1. The zero-order valence-electron chi connectivity index (χ0n) is 9.51. The van der Waals surface area contributed by atoms with E-state index in [4.69, 9.17) is 15.3 Å². The van der Waals surface area contributed by atoms with Gasteiger partial charge in [0.2, 0.25) is 0 Å². The summed E-state index contributed by atoms with van der Waals surface area (Å²) in [7, 11) is 0. The molecule has 0 aliphatic heterocycles. The third-order valence-electron chi connectivity index (χ3n) is 2.30. The molecule has 1 atom stereocenters. The number of esters is 1. The van der Waals surface area contributed by atoms with Crippen molar-refractivity contribution in [2.75, 3.05) is 0 Å². The van der Waals surface area contributed by atoms with Crippen LogP contribution in [0.2, 0.25) is 0 Å². The first-order valence-electron chi connectivity index (χ1n) is 5.29. The van der Waals surface area contributed by atoms with E-state index in [1.54, 1.807) is 24.3 Å². The average Bonchev–Trinajstić information content (AvgIpc) is 2.38. The quantitative estimate of drug-likeness (QED) is 0.741. The van der Waals surface area contributed by atoms with E-state index in [0.717, 1.165) is 0 Å². The van der Waals surface area contributed by atoms with Crippen molar-refractivity contribution >= 4 is 5.97 Å². The Hall–Kier alpha value is -2.33. The third kappa shape index (κ3) is 3.62. The molecular formula is C13H12N2O2. The van der Waals surface area contributed by atoms with Gasteiger partial charge in [0, 0.05) is 0 Å². The lowest BCUT2D eigenvalue weighted by Crippen LogP contribution is -2.16. The fourth-order valence-electron chi connectivity index (χ4n) is 1.27. The van der Waals surface area contributed by atoms with Gasteiger partial charge in [-0.1, -0.05) is 6.92 Å². The van der Waals surface area contributed by atoms with Gasteiger partial charge in [0.15, 0.2) is 0 Å². The summed E-state index contributed by atoms with van der Waals surface area (Å²) >= 11 is 0. The van der Waals surface area contributed by atoms with Crippen LogP contribution in [-0.4, -0.2) is 12.1 Å². The molecule has 0 bridgehead atoms. The molecule has 0 heterocycles. The minimum atomic E-state index is -0.461. The second-order valence-corrected chi connectivity index (χ2v) is 3.49. The molecule has 4 heteroatoms. The van der Waals surface area contributed by atoms with E-state index < -0.39 is 5.97 Å². The molecule has 4 nitrogen and oxygen atoms in total. The summed E-state index contributed by atoms with van der Waals surface area (Å²) in [5, 5.41) is 17.2. The monoisotopic (exact) mass is 228 g/mol. The number of ether oxygens (including phenoxy) is 1. The van der Waals surface area contributed by atoms with Crippen molar-refractivity contribution in [2.24, 2.45) is 0 Å². The number of nitrogens with zero attached hydrogens (tertiary/aromatic N) is 2. The van der Waals surface area contributed by atoms with Crippen molar-refractivity contribution in [3.05, 3.63) is 35.4 Å². The first-order chi connectivity index (χ1) is 8.21. The maximum absolute atomic E-state index is 11.7. The summed E-state index contributed by atoms with van der Waals surface area (Å²) in [5.41, 5.74) is 0.881. The molecule has 0 spiro atoms. The van der Waals surface area contributed by atoms with Crippen LogP contribution in [-0.2, 0) is 4.74 Å². The lowest BCUT2D eigenvalue weighted by atomic mass is 10.1. The highest BCUT2D eigenvalue weighted by atomic mass is 16.5. The molecule has 17 heavy (non-hydrogen) atoms. The van der Waals surface area contributed by atoms with Crippen molar-refractivity contribution in [1.29, 1.82) is 10.5 Å². The lowest BCUT2D eigenvalue weighted by molar-refractivity contribution is 0.0304. The fourth-order valence-corrected chi connectivity index (χ4v) is 1.27. The van der Waals surface area contributed by atoms with Crippen molar-refractivity contribution < 1.29 is 9.53 Å². The Balaban J connectivity index is 2.70. The van der Waals surface area contributed by atoms with Gasteiger partial charge in [0.05, 0.1) is 29.7 Å². The number of hydrogen-bond donors (Lipinski definition) is 0. The van der Waals surface area contributed by atoms with Crippen LogP contribution < -0.4 is 0 Å². The molecule has 0 aliphatic carbocycles. The van der Waals surface area contributed by atoms with Gasteiger partial charge in [-0.3, -0.25) is 0 Å². The van der Waals surface area contributed by atoms with Crippen LogP contribution in [0.5, 0.6) is 0 Å². The van der Waals surface area contributed by atoms with Crippen molar-refractivity contribution in [3.8, 4) is 12.1 Å². The summed E-state index contributed by atoms with van der Waals surface area (Å²) in [6, 6.07) is 10.1. The molecule has 86 valence electrons. The van der Waals surface area contributed by atoms with Crippen LogP contribution in [0.25, 0.3) is 0 Å². The molecular weight excluding hydrogens is 216 g/mol. The summed E-state index contributed by atoms with van der Waals surface area (Å²) in [4.78, 5) is 11.7. The SMILES string of the molecule is CC[C@@H](CC#N)OC(=O)c1ccc(C#N)cc1. The Morgan fingerprint density at radius 2 is 2.00 bits per heavy atom. The lowest BCUT2D eigenvalue weighted by Gasteiger charge is -2.12. The summed E-state index contributed by atoms with van der Waals surface area (Å²) in [5.74, 6) is -0.461. The molecule has 0 aliphatic rings. The van der Waals surface area contributed by atoms with Crippen LogP contribution in [0.15, 0.2) is 24.3 Å².